The van der Waals surface area contributed by atoms with Gasteiger partial charge >= 0.3 is 0 Å². The van der Waals surface area contributed by atoms with Gasteiger partial charge in [0.2, 0.25) is 0 Å². The maximum absolute atomic E-state index is 2.49. The van der Waals surface area contributed by atoms with Crippen LogP contribution in [0.15, 0.2) is 285 Å². The van der Waals surface area contributed by atoms with E-state index in [-0.39, 0.29) is 0 Å². The van der Waals surface area contributed by atoms with Gasteiger partial charge in [0.15, 0.2) is 0 Å². The molecule has 0 amide bonds. The molecule has 0 saturated carbocycles. The molecule has 0 unspecified atom stereocenters. The zero-order chi connectivity index (χ0) is 48.1. The molecule has 15 rings (SSSR count). The molecule has 0 saturated heterocycles. The van der Waals surface area contributed by atoms with Gasteiger partial charge in [0, 0.05) is 17.1 Å². The standard InChI is InChI=1S/C72H47N/c1-3-19-54(20-4-1)71(55-21-5-2-6-22-55)65-27-13-9-25-61(65)63-43-41-58(47-70(63)71)73(56-39-37-50(38-40-56)49-31-33-51(34-32-49)53-36-35-48-17-7-8-18-52(48)45-53)57-42-44-69-64(46-57)62-26-12-16-30-68(62)72(69)66-28-14-10-23-59(66)60-24-11-15-29-67(60)72/h1-47H. The predicted octanol–water partition coefficient (Wildman–Crippen LogP) is 18.4. The second-order valence-corrected chi connectivity index (χ2v) is 19.9. The van der Waals surface area contributed by atoms with Crippen LogP contribution in [0.1, 0.15) is 44.5 Å². The van der Waals surface area contributed by atoms with Gasteiger partial charge in [-0.3, -0.25) is 0 Å². The van der Waals surface area contributed by atoms with E-state index >= 15 is 0 Å². The van der Waals surface area contributed by atoms with E-state index < -0.39 is 10.8 Å². The molecule has 3 aliphatic carbocycles. The first-order chi connectivity index (χ1) is 36.2. The Morgan fingerprint density at radius 2 is 0.589 bits per heavy atom. The fourth-order valence-electron chi connectivity index (χ4n) is 13.3. The summed E-state index contributed by atoms with van der Waals surface area (Å²) in [7, 11) is 0. The maximum Gasteiger partial charge on any atom is 0.0725 e. The Hall–Kier alpha value is -9.30. The van der Waals surface area contributed by atoms with Crippen LogP contribution in [0, 0.1) is 0 Å². The number of fused-ring (bicyclic) bond motifs is 14. The summed E-state index contributed by atoms with van der Waals surface area (Å²) in [5, 5.41) is 2.51. The quantitative estimate of drug-likeness (QED) is 0.154. The van der Waals surface area contributed by atoms with E-state index in [0.29, 0.717) is 0 Å². The normalized spacial score (nSPS) is 13.7. The molecule has 0 radical (unpaired) electrons. The smallest absolute Gasteiger partial charge is 0.0725 e. The van der Waals surface area contributed by atoms with Gasteiger partial charge < -0.3 is 4.90 Å². The molecule has 0 atom stereocenters. The molecular formula is C72H47N. The molecule has 0 heterocycles. The molecule has 0 aromatic heterocycles. The van der Waals surface area contributed by atoms with E-state index in [4.69, 9.17) is 0 Å². The van der Waals surface area contributed by atoms with Gasteiger partial charge in [-0.1, -0.05) is 243 Å². The van der Waals surface area contributed by atoms with Gasteiger partial charge in [0.05, 0.1) is 10.8 Å². The van der Waals surface area contributed by atoms with Crippen molar-refractivity contribution in [1.82, 2.24) is 0 Å². The Bertz CT molecular complexity index is 4040. The van der Waals surface area contributed by atoms with Crippen molar-refractivity contribution in [2.24, 2.45) is 0 Å². The van der Waals surface area contributed by atoms with E-state index in [1.165, 1.54) is 111 Å². The first-order valence-electron chi connectivity index (χ1n) is 25.5. The van der Waals surface area contributed by atoms with Crippen molar-refractivity contribution in [3.63, 3.8) is 0 Å². The number of anilines is 3. The first kappa shape index (κ1) is 41.5. The highest BCUT2D eigenvalue weighted by molar-refractivity contribution is 5.97. The Balaban J connectivity index is 0.917. The maximum atomic E-state index is 2.49. The summed E-state index contributed by atoms with van der Waals surface area (Å²) in [4.78, 5) is 2.49. The molecular weight excluding hydrogens is 879 g/mol. The molecule has 12 aromatic rings. The highest BCUT2D eigenvalue weighted by Crippen LogP contribution is 2.64. The average Bonchev–Trinajstić information content (AvgIpc) is 4.14. The molecule has 3 aliphatic rings. The van der Waals surface area contributed by atoms with Crippen LogP contribution in [0.3, 0.4) is 0 Å². The van der Waals surface area contributed by atoms with Gasteiger partial charge in [-0.2, -0.15) is 0 Å². The fourth-order valence-corrected chi connectivity index (χ4v) is 13.3. The second-order valence-electron chi connectivity index (χ2n) is 19.9. The molecule has 12 aromatic carbocycles. The zero-order valence-electron chi connectivity index (χ0n) is 40.1. The van der Waals surface area contributed by atoms with Crippen LogP contribution in [0.2, 0.25) is 0 Å². The number of hydrogen-bond donors (Lipinski definition) is 0. The number of benzene rings is 12. The van der Waals surface area contributed by atoms with Crippen LogP contribution in [0.4, 0.5) is 17.1 Å². The lowest BCUT2D eigenvalue weighted by Gasteiger charge is -2.35. The summed E-state index contributed by atoms with van der Waals surface area (Å²) in [6.07, 6.45) is 0. The van der Waals surface area contributed by atoms with Crippen LogP contribution in [-0.2, 0) is 10.8 Å². The monoisotopic (exact) mass is 925 g/mol. The Morgan fingerprint density at radius 3 is 1.16 bits per heavy atom. The fraction of sp³-hybridized carbons (Fsp3) is 0.0278. The molecule has 0 fully saturated rings. The summed E-state index contributed by atoms with van der Waals surface area (Å²) >= 11 is 0. The van der Waals surface area contributed by atoms with Crippen LogP contribution in [-0.4, -0.2) is 0 Å². The molecule has 1 spiro atoms. The van der Waals surface area contributed by atoms with E-state index in [2.05, 4.69) is 290 Å². The molecule has 1 heteroatoms. The van der Waals surface area contributed by atoms with E-state index in [0.717, 1.165) is 17.1 Å². The highest BCUT2D eigenvalue weighted by Gasteiger charge is 2.52. The predicted molar refractivity (Wildman–Crippen MR) is 303 cm³/mol. The Labute approximate surface area is 426 Å². The molecule has 0 aliphatic heterocycles. The molecule has 0 N–H and O–H groups in total. The Morgan fingerprint density at radius 1 is 0.205 bits per heavy atom. The lowest BCUT2D eigenvalue weighted by atomic mass is 9.67. The van der Waals surface area contributed by atoms with Crippen molar-refractivity contribution in [2.45, 2.75) is 10.8 Å². The van der Waals surface area contributed by atoms with Crippen molar-refractivity contribution in [3.05, 3.63) is 330 Å². The third-order valence-electron chi connectivity index (χ3n) is 16.4. The SMILES string of the molecule is c1ccc(C2(c3ccccc3)c3ccccc3-c3ccc(N(c4ccc(-c5ccc(-c6ccc7ccccc7c6)cc5)cc4)c4ccc5c(c4)-c4ccccc4C54c5ccccc5-c5ccccc54)cc32)cc1. The van der Waals surface area contributed by atoms with Gasteiger partial charge in [-0.25, -0.2) is 0 Å². The third-order valence-corrected chi connectivity index (χ3v) is 16.4. The lowest BCUT2D eigenvalue weighted by Crippen LogP contribution is -2.28. The largest absolute Gasteiger partial charge is 0.310 e. The minimum absolute atomic E-state index is 0.418. The van der Waals surface area contributed by atoms with Crippen LogP contribution in [0.5, 0.6) is 0 Å². The van der Waals surface area contributed by atoms with Crippen LogP contribution >= 0.6 is 0 Å². The Kier molecular flexibility index (Phi) is 9.16. The van der Waals surface area contributed by atoms with Gasteiger partial charge in [0.1, 0.15) is 0 Å². The van der Waals surface area contributed by atoms with E-state index in [1.807, 2.05) is 0 Å². The second kappa shape index (κ2) is 16.1. The lowest BCUT2D eigenvalue weighted by molar-refractivity contribution is 0.768. The third kappa shape index (κ3) is 5.97. The molecule has 0 bridgehead atoms. The van der Waals surface area contributed by atoms with Crippen molar-refractivity contribution in [2.75, 3.05) is 4.90 Å². The summed E-state index contributed by atoms with van der Waals surface area (Å²) in [5.74, 6) is 0. The van der Waals surface area contributed by atoms with Crippen molar-refractivity contribution in [1.29, 1.82) is 0 Å². The van der Waals surface area contributed by atoms with Gasteiger partial charge in [-0.05, 0) is 153 Å². The summed E-state index contributed by atoms with van der Waals surface area (Å²) in [6, 6.07) is 107. The van der Waals surface area contributed by atoms with Crippen molar-refractivity contribution < 1.29 is 0 Å². The summed E-state index contributed by atoms with van der Waals surface area (Å²) < 4.78 is 0. The molecule has 73 heavy (non-hydrogen) atoms. The number of hydrogen-bond acceptors (Lipinski definition) is 1. The summed E-state index contributed by atoms with van der Waals surface area (Å²) in [6.45, 7) is 0. The first-order valence-corrected chi connectivity index (χ1v) is 25.5. The van der Waals surface area contributed by atoms with E-state index in [9.17, 15) is 0 Å². The molecule has 340 valence electrons. The zero-order valence-corrected chi connectivity index (χ0v) is 40.1. The minimum atomic E-state index is -0.536. The minimum Gasteiger partial charge on any atom is -0.310 e. The van der Waals surface area contributed by atoms with Crippen molar-refractivity contribution in [3.8, 4) is 55.6 Å². The number of rotatable bonds is 7. The van der Waals surface area contributed by atoms with Crippen LogP contribution < -0.4 is 4.90 Å². The van der Waals surface area contributed by atoms with Gasteiger partial charge in [0.25, 0.3) is 0 Å². The average molecular weight is 926 g/mol. The van der Waals surface area contributed by atoms with E-state index in [1.54, 1.807) is 0 Å². The topological polar surface area (TPSA) is 3.24 Å². The molecule has 1 nitrogen and oxygen atoms in total. The number of nitrogens with zero attached hydrogens (tertiary/aromatic N) is 1. The summed E-state index contributed by atoms with van der Waals surface area (Å²) in [5.41, 5.74) is 25.3. The van der Waals surface area contributed by atoms with Gasteiger partial charge in [-0.15, -0.1) is 0 Å². The highest BCUT2D eigenvalue weighted by atomic mass is 15.1. The van der Waals surface area contributed by atoms with Crippen molar-refractivity contribution >= 4 is 27.8 Å². The van der Waals surface area contributed by atoms with Crippen LogP contribution in [0.25, 0.3) is 66.4 Å².